The molecule has 4 aliphatic carbocycles. The number of carbonyl (C=O) groups is 2. The molecule has 42 heavy (non-hydrogen) atoms. The van der Waals surface area contributed by atoms with Crippen LogP contribution < -0.4 is 10.5 Å². The maximum absolute atomic E-state index is 12.4. The zero-order valence-corrected chi connectivity index (χ0v) is 25.4. The Morgan fingerprint density at radius 1 is 0.857 bits per heavy atom. The van der Waals surface area contributed by atoms with E-state index >= 15 is 0 Å². The first-order valence-corrected chi connectivity index (χ1v) is 16.5. The highest BCUT2D eigenvalue weighted by Gasteiger charge is 2.53. The molecule has 0 atom stereocenters. The van der Waals surface area contributed by atoms with Gasteiger partial charge in [0, 0.05) is 22.6 Å². The van der Waals surface area contributed by atoms with Crippen LogP contribution in [-0.4, -0.2) is 17.2 Å². The number of primary amides is 1. The molecule has 3 N–H and O–H groups in total. The molecule has 4 bridgehead atoms. The van der Waals surface area contributed by atoms with Gasteiger partial charge in [-0.05, 0) is 91.9 Å². The average Bonchev–Trinajstić information content (AvgIpc) is 2.94. The Morgan fingerprint density at radius 3 is 1.98 bits per heavy atom. The van der Waals surface area contributed by atoms with Gasteiger partial charge in [0.05, 0.1) is 0 Å². The molecule has 4 fully saturated rings. The van der Waals surface area contributed by atoms with Gasteiger partial charge in [-0.3, -0.25) is 0 Å². The Morgan fingerprint density at radius 2 is 1.43 bits per heavy atom. The number of aliphatic carboxylic acids is 1. The van der Waals surface area contributed by atoms with Gasteiger partial charge in [0.25, 0.3) is 0 Å². The van der Waals surface area contributed by atoms with Crippen molar-refractivity contribution in [3.05, 3.63) is 59.2 Å². The van der Waals surface area contributed by atoms with Gasteiger partial charge in [-0.15, -0.1) is 0 Å². The second-order valence-corrected chi connectivity index (χ2v) is 13.5. The zero-order chi connectivity index (χ0) is 29.5. The van der Waals surface area contributed by atoms with Gasteiger partial charge >= 0.3 is 12.1 Å². The van der Waals surface area contributed by atoms with Gasteiger partial charge in [-0.1, -0.05) is 94.7 Å². The minimum atomic E-state index is -0.973. The van der Waals surface area contributed by atoms with E-state index in [0.717, 1.165) is 53.4 Å². The summed E-state index contributed by atoms with van der Waals surface area (Å²) >= 11 is 0. The summed E-state index contributed by atoms with van der Waals surface area (Å²) in [5.41, 5.74) is 11.0. The molecule has 0 radical (unpaired) electrons. The summed E-state index contributed by atoms with van der Waals surface area (Å²) in [6.45, 7) is 2.27. The molecule has 0 heterocycles. The number of hydrogen-bond donors (Lipinski definition) is 2. The fraction of sp³-hybridized carbons (Fsp3) is 0.568. The lowest BCUT2D eigenvalue weighted by Crippen LogP contribution is -2.49. The molecule has 0 saturated heterocycles. The van der Waals surface area contributed by atoms with Crippen molar-refractivity contribution in [1.82, 2.24) is 0 Å². The lowest BCUT2D eigenvalue weighted by atomic mass is 9.47. The Kier molecular flexibility index (Phi) is 10.1. The number of hydrogen-bond acceptors (Lipinski definition) is 3. The van der Waals surface area contributed by atoms with Gasteiger partial charge in [0.1, 0.15) is 5.75 Å². The summed E-state index contributed by atoms with van der Waals surface area (Å²) in [4.78, 5) is 23.4. The van der Waals surface area contributed by atoms with Crippen LogP contribution in [0.2, 0.25) is 0 Å². The van der Waals surface area contributed by atoms with Crippen LogP contribution in [0.15, 0.2) is 42.5 Å². The summed E-state index contributed by atoms with van der Waals surface area (Å²) in [6.07, 6.45) is 22.2. The van der Waals surface area contributed by atoms with Crippen LogP contribution >= 0.6 is 0 Å². The third kappa shape index (κ3) is 7.27. The number of rotatable bonds is 15. The third-order valence-corrected chi connectivity index (χ3v) is 10.2. The van der Waals surface area contributed by atoms with E-state index in [9.17, 15) is 9.59 Å². The van der Waals surface area contributed by atoms with E-state index in [0.29, 0.717) is 5.75 Å². The molecule has 4 aliphatic rings. The van der Waals surface area contributed by atoms with Crippen LogP contribution in [-0.2, 0) is 16.6 Å². The first-order chi connectivity index (χ1) is 20.4. The van der Waals surface area contributed by atoms with E-state index < -0.39 is 12.1 Å². The minimum absolute atomic E-state index is 0.0499. The second-order valence-electron chi connectivity index (χ2n) is 13.5. The fourth-order valence-corrected chi connectivity index (χ4v) is 8.83. The quantitative estimate of drug-likeness (QED) is 0.165. The van der Waals surface area contributed by atoms with Crippen molar-refractivity contribution in [1.29, 1.82) is 0 Å². The number of unbranched alkanes of at least 4 members (excludes halogenated alkanes) is 8. The maximum atomic E-state index is 12.4. The standard InChI is InChI=1S/C37H49NO4/c1-2-3-4-5-6-7-8-9-10-11-31-17-18-32(30-15-12-26(13-16-30)14-19-33(39)40)35(42-36(38)41)34(31)37-23-27-20-28(24-37)22-29(21-27)25-37/h12-19,27-29H,2-11,20-25H2,1H3,(H2,38,41)(H,39,40). The second kappa shape index (κ2) is 13.9. The number of carbonyl (C=O) groups excluding carboxylic acids is 1. The number of nitrogens with two attached hydrogens (primary N) is 1. The Hall–Kier alpha value is -3.08. The van der Waals surface area contributed by atoms with Gasteiger partial charge in [0.2, 0.25) is 0 Å². The molecule has 0 aromatic heterocycles. The van der Waals surface area contributed by atoms with Gasteiger partial charge in [-0.2, -0.15) is 0 Å². The van der Waals surface area contributed by atoms with Crippen LogP contribution in [0, 0.1) is 17.8 Å². The van der Waals surface area contributed by atoms with Gasteiger partial charge < -0.3 is 15.6 Å². The Bertz CT molecular complexity index is 1230. The summed E-state index contributed by atoms with van der Waals surface area (Å²) in [5.74, 6) is 1.98. The van der Waals surface area contributed by atoms with Crippen molar-refractivity contribution in [2.24, 2.45) is 23.5 Å². The first kappa shape index (κ1) is 30.4. The molecule has 2 aromatic rings. The highest BCUT2D eigenvalue weighted by atomic mass is 16.5. The van der Waals surface area contributed by atoms with E-state index in [1.165, 1.54) is 101 Å². The molecular formula is C37H49NO4. The summed E-state index contributed by atoms with van der Waals surface area (Å²) in [7, 11) is 0. The van der Waals surface area contributed by atoms with Crippen molar-refractivity contribution in [3.63, 3.8) is 0 Å². The predicted molar refractivity (Wildman–Crippen MR) is 170 cm³/mol. The largest absolute Gasteiger partial charge is 0.478 e. The maximum Gasteiger partial charge on any atom is 0.409 e. The number of amides is 1. The normalized spacial score (nSPS) is 24.4. The van der Waals surface area contributed by atoms with Crippen molar-refractivity contribution in [2.45, 2.75) is 115 Å². The molecule has 2 aromatic carbocycles. The SMILES string of the molecule is CCCCCCCCCCCc1ccc(-c2ccc(C=CC(=O)O)cc2)c(OC(N)=O)c1C12CC3CC(CC(C3)C1)C2. The molecule has 6 rings (SSSR count). The number of benzene rings is 2. The summed E-state index contributed by atoms with van der Waals surface area (Å²) < 4.78 is 6.01. The molecular weight excluding hydrogens is 522 g/mol. The van der Waals surface area contributed by atoms with Crippen molar-refractivity contribution < 1.29 is 19.4 Å². The molecule has 1 amide bonds. The lowest BCUT2D eigenvalue weighted by molar-refractivity contribution is -0.131. The highest BCUT2D eigenvalue weighted by molar-refractivity contribution is 5.85. The molecule has 0 aliphatic heterocycles. The van der Waals surface area contributed by atoms with Crippen LogP contribution in [0.3, 0.4) is 0 Å². The van der Waals surface area contributed by atoms with E-state index in [2.05, 4.69) is 19.1 Å². The van der Waals surface area contributed by atoms with Crippen LogP contribution in [0.25, 0.3) is 17.2 Å². The predicted octanol–water partition coefficient (Wildman–Crippen LogP) is 9.45. The molecule has 226 valence electrons. The molecule has 5 nitrogen and oxygen atoms in total. The fourth-order valence-electron chi connectivity index (χ4n) is 8.83. The molecule has 0 spiro atoms. The average molecular weight is 572 g/mol. The Labute approximate surface area is 251 Å². The first-order valence-electron chi connectivity index (χ1n) is 16.5. The van der Waals surface area contributed by atoms with E-state index in [-0.39, 0.29) is 5.41 Å². The summed E-state index contributed by atoms with van der Waals surface area (Å²) in [5, 5.41) is 9.00. The molecule has 0 unspecified atom stereocenters. The molecule has 4 saturated carbocycles. The van der Waals surface area contributed by atoms with Crippen molar-refractivity contribution in [2.75, 3.05) is 0 Å². The van der Waals surface area contributed by atoms with E-state index in [1.54, 1.807) is 6.08 Å². The number of carboxylic acid groups (broad SMARTS) is 1. The topological polar surface area (TPSA) is 89.6 Å². The zero-order valence-electron chi connectivity index (χ0n) is 25.4. The highest BCUT2D eigenvalue weighted by Crippen LogP contribution is 2.63. The minimum Gasteiger partial charge on any atom is -0.478 e. The van der Waals surface area contributed by atoms with E-state index in [4.69, 9.17) is 15.6 Å². The van der Waals surface area contributed by atoms with Crippen LogP contribution in [0.4, 0.5) is 4.79 Å². The summed E-state index contributed by atoms with van der Waals surface area (Å²) in [6, 6.07) is 12.2. The van der Waals surface area contributed by atoms with E-state index in [1.807, 2.05) is 24.3 Å². The monoisotopic (exact) mass is 571 g/mol. The van der Waals surface area contributed by atoms with Crippen molar-refractivity contribution >= 4 is 18.1 Å². The Balaban J connectivity index is 1.44. The molecule has 5 heteroatoms. The van der Waals surface area contributed by atoms with Crippen molar-refractivity contribution in [3.8, 4) is 16.9 Å². The van der Waals surface area contributed by atoms with Crippen LogP contribution in [0.5, 0.6) is 5.75 Å². The number of ether oxygens (including phenoxy) is 1. The van der Waals surface area contributed by atoms with Gasteiger partial charge in [0.15, 0.2) is 0 Å². The smallest absolute Gasteiger partial charge is 0.409 e. The van der Waals surface area contributed by atoms with Gasteiger partial charge in [-0.25, -0.2) is 9.59 Å². The third-order valence-electron chi connectivity index (χ3n) is 10.2. The van der Waals surface area contributed by atoms with Crippen LogP contribution in [0.1, 0.15) is 120 Å². The number of aryl methyl sites for hydroxylation is 1. The number of carboxylic acids is 1. The lowest BCUT2D eigenvalue weighted by Gasteiger charge is -2.57.